The molecule has 1 unspecified atom stereocenters. The highest BCUT2D eigenvalue weighted by molar-refractivity contribution is 5.79. The predicted octanol–water partition coefficient (Wildman–Crippen LogP) is 3.22. The molecule has 2 rings (SSSR count). The molecule has 140 valence electrons. The molecule has 1 aliphatic rings. The number of methoxy groups -OCH3 is 1. The Morgan fingerprint density at radius 3 is 2.56 bits per heavy atom. The van der Waals surface area contributed by atoms with Gasteiger partial charge in [0.2, 0.25) is 0 Å². The Labute approximate surface area is 152 Å². The molecule has 0 aliphatic heterocycles. The summed E-state index contributed by atoms with van der Waals surface area (Å²) in [6, 6.07) is 9.97. The minimum Gasteiger partial charge on any atom is -0.489 e. The summed E-state index contributed by atoms with van der Waals surface area (Å²) < 4.78 is 11.3. The molecule has 5 nitrogen and oxygen atoms in total. The van der Waals surface area contributed by atoms with Crippen molar-refractivity contribution >= 4 is 5.96 Å². The fourth-order valence-electron chi connectivity index (χ4n) is 3.17. The third-order valence-corrected chi connectivity index (χ3v) is 5.10. The molecule has 1 aromatic rings. The van der Waals surface area contributed by atoms with Crippen molar-refractivity contribution in [1.29, 1.82) is 0 Å². The number of rotatable bonds is 10. The molecule has 0 saturated heterocycles. The van der Waals surface area contributed by atoms with E-state index in [1.807, 2.05) is 37.4 Å². The van der Waals surface area contributed by atoms with E-state index in [2.05, 4.69) is 22.5 Å². The van der Waals surface area contributed by atoms with Gasteiger partial charge in [-0.1, -0.05) is 31.5 Å². The van der Waals surface area contributed by atoms with Crippen LogP contribution in [0, 0.1) is 5.41 Å². The van der Waals surface area contributed by atoms with Gasteiger partial charge < -0.3 is 20.1 Å². The number of aliphatic imine (C=N–C) groups is 1. The van der Waals surface area contributed by atoms with Crippen molar-refractivity contribution < 1.29 is 9.47 Å². The van der Waals surface area contributed by atoms with Gasteiger partial charge in [-0.25, -0.2) is 0 Å². The minimum atomic E-state index is 0.118. The van der Waals surface area contributed by atoms with E-state index < -0.39 is 0 Å². The Morgan fingerprint density at radius 2 is 2.00 bits per heavy atom. The molecule has 1 atom stereocenters. The van der Waals surface area contributed by atoms with Crippen molar-refractivity contribution in [2.45, 2.75) is 45.1 Å². The Hall–Kier alpha value is -1.75. The van der Waals surface area contributed by atoms with E-state index in [0.29, 0.717) is 5.41 Å². The lowest BCUT2D eigenvalue weighted by molar-refractivity contribution is 0.0732. The van der Waals surface area contributed by atoms with Crippen LogP contribution in [0.4, 0.5) is 0 Å². The summed E-state index contributed by atoms with van der Waals surface area (Å²) in [4.78, 5) is 4.35. The van der Waals surface area contributed by atoms with Crippen molar-refractivity contribution in [2.75, 3.05) is 33.9 Å². The number of hydrogen-bond acceptors (Lipinski definition) is 3. The summed E-state index contributed by atoms with van der Waals surface area (Å²) in [7, 11) is 3.59. The lowest BCUT2D eigenvalue weighted by atomic mass is 9.67. The van der Waals surface area contributed by atoms with Gasteiger partial charge in [0, 0.05) is 27.3 Å². The van der Waals surface area contributed by atoms with E-state index in [0.717, 1.165) is 44.2 Å². The van der Waals surface area contributed by atoms with E-state index in [4.69, 9.17) is 9.47 Å². The summed E-state index contributed by atoms with van der Waals surface area (Å²) in [5.74, 6) is 1.76. The van der Waals surface area contributed by atoms with Gasteiger partial charge >= 0.3 is 0 Å². The minimum absolute atomic E-state index is 0.118. The standard InChI is InChI=1S/C20H33N3O2/c1-4-17(25-18-9-6-5-7-10-18)15-22-19(21-2)23-16-20(11-8-12-20)13-14-24-3/h5-7,9-10,17H,4,8,11-16H2,1-3H3,(H2,21,22,23). The Balaban J connectivity index is 1.77. The van der Waals surface area contributed by atoms with Gasteiger partial charge in [0.1, 0.15) is 11.9 Å². The first-order valence-electron chi connectivity index (χ1n) is 9.36. The molecule has 1 saturated carbocycles. The van der Waals surface area contributed by atoms with E-state index in [1.165, 1.54) is 19.3 Å². The maximum absolute atomic E-state index is 6.03. The molecule has 0 amide bonds. The second-order valence-electron chi connectivity index (χ2n) is 6.86. The lowest BCUT2D eigenvalue weighted by Crippen LogP contribution is -2.48. The van der Waals surface area contributed by atoms with E-state index in [9.17, 15) is 0 Å². The summed E-state index contributed by atoms with van der Waals surface area (Å²) >= 11 is 0. The highest BCUT2D eigenvalue weighted by Crippen LogP contribution is 2.43. The van der Waals surface area contributed by atoms with Crippen LogP contribution in [0.3, 0.4) is 0 Å². The van der Waals surface area contributed by atoms with Gasteiger partial charge in [0.15, 0.2) is 5.96 Å². The van der Waals surface area contributed by atoms with Crippen LogP contribution in [-0.2, 0) is 4.74 Å². The molecule has 1 fully saturated rings. The van der Waals surface area contributed by atoms with Gasteiger partial charge in [-0.3, -0.25) is 4.99 Å². The Morgan fingerprint density at radius 1 is 1.24 bits per heavy atom. The molecule has 0 aromatic heterocycles. The number of nitrogens with zero attached hydrogens (tertiary/aromatic N) is 1. The predicted molar refractivity (Wildman–Crippen MR) is 103 cm³/mol. The number of nitrogens with one attached hydrogen (secondary N) is 2. The highest BCUT2D eigenvalue weighted by Gasteiger charge is 2.36. The average Bonchev–Trinajstić information content (AvgIpc) is 2.62. The first kappa shape index (κ1) is 19.6. The van der Waals surface area contributed by atoms with E-state index >= 15 is 0 Å². The van der Waals surface area contributed by atoms with Crippen LogP contribution in [-0.4, -0.2) is 45.9 Å². The van der Waals surface area contributed by atoms with Gasteiger partial charge in [0.25, 0.3) is 0 Å². The van der Waals surface area contributed by atoms with Crippen molar-refractivity contribution in [1.82, 2.24) is 10.6 Å². The SMILES string of the molecule is CCC(CNC(=NC)NCC1(CCOC)CCC1)Oc1ccccc1. The largest absolute Gasteiger partial charge is 0.489 e. The van der Waals surface area contributed by atoms with Crippen molar-refractivity contribution in [3.63, 3.8) is 0 Å². The molecule has 25 heavy (non-hydrogen) atoms. The second-order valence-corrected chi connectivity index (χ2v) is 6.86. The molecule has 0 heterocycles. The fourth-order valence-corrected chi connectivity index (χ4v) is 3.17. The van der Waals surface area contributed by atoms with Crippen LogP contribution in [0.1, 0.15) is 39.0 Å². The van der Waals surface area contributed by atoms with E-state index in [1.54, 1.807) is 7.11 Å². The molecule has 0 spiro atoms. The number of guanidine groups is 1. The first-order valence-corrected chi connectivity index (χ1v) is 9.36. The second kappa shape index (κ2) is 10.3. The van der Waals surface area contributed by atoms with Crippen molar-refractivity contribution in [2.24, 2.45) is 10.4 Å². The first-order chi connectivity index (χ1) is 12.2. The normalized spacial score (nSPS) is 17.5. The van der Waals surface area contributed by atoms with Gasteiger partial charge in [-0.15, -0.1) is 0 Å². The van der Waals surface area contributed by atoms with Crippen LogP contribution in [0.15, 0.2) is 35.3 Å². The van der Waals surface area contributed by atoms with Crippen LogP contribution in [0.25, 0.3) is 0 Å². The number of ether oxygens (including phenoxy) is 2. The summed E-state index contributed by atoms with van der Waals surface area (Å²) in [6.45, 7) is 4.65. The smallest absolute Gasteiger partial charge is 0.191 e. The van der Waals surface area contributed by atoms with Crippen LogP contribution < -0.4 is 15.4 Å². The summed E-state index contributed by atoms with van der Waals surface area (Å²) in [6.07, 6.45) is 6.04. The monoisotopic (exact) mass is 347 g/mol. The highest BCUT2D eigenvalue weighted by atomic mass is 16.5. The molecule has 1 aromatic carbocycles. The molecule has 0 bridgehead atoms. The zero-order valence-electron chi connectivity index (χ0n) is 15.9. The zero-order valence-corrected chi connectivity index (χ0v) is 15.9. The number of para-hydroxylation sites is 1. The number of benzene rings is 1. The molecule has 0 radical (unpaired) electrons. The topological polar surface area (TPSA) is 54.9 Å². The van der Waals surface area contributed by atoms with Crippen LogP contribution in [0.5, 0.6) is 5.75 Å². The molecule has 5 heteroatoms. The lowest BCUT2D eigenvalue weighted by Gasteiger charge is -2.42. The number of hydrogen-bond donors (Lipinski definition) is 2. The third kappa shape index (κ3) is 6.24. The van der Waals surface area contributed by atoms with Crippen molar-refractivity contribution in [3.8, 4) is 5.75 Å². The quantitative estimate of drug-likeness (QED) is 0.504. The molecular weight excluding hydrogens is 314 g/mol. The molecular formula is C20H33N3O2. The van der Waals surface area contributed by atoms with Gasteiger partial charge in [-0.2, -0.15) is 0 Å². The van der Waals surface area contributed by atoms with Crippen LogP contribution in [0.2, 0.25) is 0 Å². The Kier molecular flexibility index (Phi) is 8.06. The van der Waals surface area contributed by atoms with E-state index in [-0.39, 0.29) is 6.10 Å². The third-order valence-electron chi connectivity index (χ3n) is 5.10. The summed E-state index contributed by atoms with van der Waals surface area (Å²) in [5, 5.41) is 6.89. The zero-order chi connectivity index (χ0) is 18.0. The van der Waals surface area contributed by atoms with Gasteiger partial charge in [-0.05, 0) is 43.2 Å². The maximum atomic E-state index is 6.03. The molecule has 2 N–H and O–H groups in total. The molecule has 1 aliphatic carbocycles. The Bertz CT molecular complexity index is 515. The fraction of sp³-hybridized carbons (Fsp3) is 0.650. The van der Waals surface area contributed by atoms with Crippen molar-refractivity contribution in [3.05, 3.63) is 30.3 Å². The summed E-state index contributed by atoms with van der Waals surface area (Å²) in [5.41, 5.74) is 0.373. The average molecular weight is 348 g/mol. The maximum Gasteiger partial charge on any atom is 0.191 e. The van der Waals surface area contributed by atoms with Gasteiger partial charge in [0.05, 0.1) is 6.54 Å². The van der Waals surface area contributed by atoms with Crippen LogP contribution >= 0.6 is 0 Å².